The molecule has 4 nitrogen and oxygen atoms in total. The second kappa shape index (κ2) is 5.86. The van der Waals surface area contributed by atoms with Gasteiger partial charge in [-0.2, -0.15) is 0 Å². The summed E-state index contributed by atoms with van der Waals surface area (Å²) in [4.78, 5) is 2.15. The van der Waals surface area contributed by atoms with Gasteiger partial charge < -0.3 is 4.90 Å². The second-order valence-corrected chi connectivity index (χ2v) is 8.33. The number of para-hydroxylation sites is 1. The molecule has 3 aromatic rings. The van der Waals surface area contributed by atoms with Crippen LogP contribution in [0.3, 0.4) is 0 Å². The van der Waals surface area contributed by atoms with Gasteiger partial charge in [-0.3, -0.25) is 0 Å². The van der Waals surface area contributed by atoms with E-state index in [-0.39, 0.29) is 12.1 Å². The van der Waals surface area contributed by atoms with Crippen LogP contribution >= 0.6 is 0 Å². The van der Waals surface area contributed by atoms with Gasteiger partial charge in [0.15, 0.2) is 0 Å². The smallest absolute Gasteiger partial charge is 0.209 e. The lowest BCUT2D eigenvalue weighted by Gasteiger charge is -2.33. The van der Waals surface area contributed by atoms with E-state index < -0.39 is 10.0 Å². The van der Waals surface area contributed by atoms with E-state index in [9.17, 15) is 8.42 Å². The van der Waals surface area contributed by atoms with E-state index in [0.29, 0.717) is 0 Å². The molecule has 0 aromatic heterocycles. The highest BCUT2D eigenvalue weighted by Crippen LogP contribution is 2.47. The third kappa shape index (κ3) is 2.79. The zero-order chi connectivity index (χ0) is 17.6. The Morgan fingerprint density at radius 2 is 1.52 bits per heavy atom. The minimum Gasteiger partial charge on any atom is -0.366 e. The SMILES string of the molecule is CN(c1ccccc1)[C@@H]1c2cccc3cccc(c23)[C@@H]1NS(C)(=O)=O. The molecule has 0 radical (unpaired) electrons. The van der Waals surface area contributed by atoms with Crippen molar-refractivity contribution in [2.45, 2.75) is 12.1 Å². The molecule has 2 atom stereocenters. The van der Waals surface area contributed by atoms with Gasteiger partial charge in [-0.1, -0.05) is 54.6 Å². The molecule has 25 heavy (non-hydrogen) atoms. The summed E-state index contributed by atoms with van der Waals surface area (Å²) < 4.78 is 26.9. The molecule has 1 aliphatic rings. The second-order valence-electron chi connectivity index (χ2n) is 6.55. The number of nitrogens with zero attached hydrogens (tertiary/aromatic N) is 1. The Morgan fingerprint density at radius 1 is 0.880 bits per heavy atom. The van der Waals surface area contributed by atoms with Gasteiger partial charge in [0, 0.05) is 12.7 Å². The van der Waals surface area contributed by atoms with Gasteiger partial charge in [0.2, 0.25) is 10.0 Å². The van der Waals surface area contributed by atoms with Crippen LogP contribution < -0.4 is 9.62 Å². The molecule has 0 bridgehead atoms. The van der Waals surface area contributed by atoms with Crippen LogP contribution in [-0.2, 0) is 10.0 Å². The number of nitrogens with one attached hydrogen (secondary N) is 1. The molecular formula is C20H20N2O2S. The van der Waals surface area contributed by atoms with Crippen molar-refractivity contribution in [2.24, 2.45) is 0 Å². The lowest BCUT2D eigenvalue weighted by molar-refractivity contribution is 0.508. The van der Waals surface area contributed by atoms with Crippen molar-refractivity contribution in [3.63, 3.8) is 0 Å². The minimum atomic E-state index is -3.35. The van der Waals surface area contributed by atoms with E-state index in [0.717, 1.165) is 27.6 Å². The maximum atomic E-state index is 12.0. The van der Waals surface area contributed by atoms with Crippen molar-refractivity contribution in [2.75, 3.05) is 18.2 Å². The molecule has 0 aliphatic heterocycles. The predicted octanol–water partition coefficient (Wildman–Crippen LogP) is 3.62. The first-order valence-corrected chi connectivity index (χ1v) is 10.1. The van der Waals surface area contributed by atoms with Gasteiger partial charge in [0.1, 0.15) is 0 Å². The number of hydrogen-bond donors (Lipinski definition) is 1. The van der Waals surface area contributed by atoms with E-state index in [1.54, 1.807) is 0 Å². The molecule has 0 fully saturated rings. The quantitative estimate of drug-likeness (QED) is 0.780. The summed E-state index contributed by atoms with van der Waals surface area (Å²) >= 11 is 0. The Kier molecular flexibility index (Phi) is 3.78. The summed E-state index contributed by atoms with van der Waals surface area (Å²) in [6.07, 6.45) is 1.22. The number of rotatable bonds is 4. The standard InChI is InChI=1S/C20H20N2O2S/c1-22(15-10-4-3-5-11-15)20-17-13-7-9-14-8-6-12-16(18(14)17)19(20)21-25(2,23)24/h3-13,19-21H,1-2H3/t19-,20+/m0/s1. The van der Waals surface area contributed by atoms with E-state index >= 15 is 0 Å². The molecule has 3 aromatic carbocycles. The molecular weight excluding hydrogens is 332 g/mol. The first kappa shape index (κ1) is 16.1. The predicted molar refractivity (Wildman–Crippen MR) is 102 cm³/mol. The van der Waals surface area contributed by atoms with Crippen LogP contribution in [0.15, 0.2) is 66.7 Å². The fraction of sp³-hybridized carbons (Fsp3) is 0.200. The Morgan fingerprint density at radius 3 is 2.16 bits per heavy atom. The highest BCUT2D eigenvalue weighted by Gasteiger charge is 2.38. The lowest BCUT2D eigenvalue weighted by Crippen LogP contribution is -2.36. The Labute approximate surface area is 148 Å². The molecule has 5 heteroatoms. The van der Waals surface area contributed by atoms with Gasteiger partial charge in [0.25, 0.3) is 0 Å². The van der Waals surface area contributed by atoms with Crippen LogP contribution in [0.5, 0.6) is 0 Å². The molecule has 0 heterocycles. The molecule has 0 saturated heterocycles. The minimum absolute atomic E-state index is 0.0989. The number of benzene rings is 3. The summed E-state index contributed by atoms with van der Waals surface area (Å²) in [5, 5.41) is 2.29. The topological polar surface area (TPSA) is 49.4 Å². The van der Waals surface area contributed by atoms with Crippen molar-refractivity contribution in [1.29, 1.82) is 0 Å². The lowest BCUT2D eigenvalue weighted by atomic mass is 10.0. The fourth-order valence-electron chi connectivity index (χ4n) is 3.87. The number of anilines is 1. The molecule has 0 saturated carbocycles. The highest BCUT2D eigenvalue weighted by atomic mass is 32.2. The van der Waals surface area contributed by atoms with Gasteiger partial charge in [-0.25, -0.2) is 13.1 Å². The van der Waals surface area contributed by atoms with Crippen LogP contribution in [0.4, 0.5) is 5.69 Å². The van der Waals surface area contributed by atoms with Crippen molar-refractivity contribution in [3.8, 4) is 0 Å². The Balaban J connectivity index is 1.91. The van der Waals surface area contributed by atoms with Gasteiger partial charge in [-0.15, -0.1) is 0 Å². The normalized spacial score (nSPS) is 19.3. The van der Waals surface area contributed by atoms with Gasteiger partial charge in [0.05, 0.1) is 18.3 Å². The van der Waals surface area contributed by atoms with Crippen molar-refractivity contribution in [1.82, 2.24) is 4.72 Å². The van der Waals surface area contributed by atoms with E-state index in [2.05, 4.69) is 27.8 Å². The highest BCUT2D eigenvalue weighted by molar-refractivity contribution is 7.88. The fourth-order valence-corrected chi connectivity index (χ4v) is 4.59. The van der Waals surface area contributed by atoms with Crippen LogP contribution in [-0.4, -0.2) is 21.7 Å². The van der Waals surface area contributed by atoms with Crippen LogP contribution in [0.1, 0.15) is 23.2 Å². The molecule has 1 aliphatic carbocycles. The zero-order valence-corrected chi connectivity index (χ0v) is 15.0. The monoisotopic (exact) mass is 352 g/mol. The molecule has 128 valence electrons. The van der Waals surface area contributed by atoms with Crippen LogP contribution in [0.25, 0.3) is 10.8 Å². The average molecular weight is 352 g/mol. The summed E-state index contributed by atoms with van der Waals surface area (Å²) in [5.74, 6) is 0. The van der Waals surface area contributed by atoms with Gasteiger partial charge >= 0.3 is 0 Å². The maximum Gasteiger partial charge on any atom is 0.209 e. The summed E-state index contributed by atoms with van der Waals surface area (Å²) in [5.41, 5.74) is 3.24. The molecule has 4 rings (SSSR count). The Bertz CT molecular complexity index is 1030. The molecule has 0 spiro atoms. The van der Waals surface area contributed by atoms with Crippen LogP contribution in [0.2, 0.25) is 0 Å². The average Bonchev–Trinajstić information content (AvgIpc) is 2.89. The van der Waals surface area contributed by atoms with Crippen molar-refractivity contribution in [3.05, 3.63) is 77.9 Å². The largest absolute Gasteiger partial charge is 0.366 e. The van der Waals surface area contributed by atoms with Crippen molar-refractivity contribution >= 4 is 26.5 Å². The molecule has 1 N–H and O–H groups in total. The summed E-state index contributed by atoms with van der Waals surface area (Å²) in [6.45, 7) is 0. The van der Waals surface area contributed by atoms with E-state index in [1.165, 1.54) is 6.26 Å². The number of hydrogen-bond acceptors (Lipinski definition) is 3. The number of likely N-dealkylation sites (N-methyl/N-ethyl adjacent to an activating group) is 1. The van der Waals surface area contributed by atoms with Gasteiger partial charge in [-0.05, 0) is 34.0 Å². The Hall–Kier alpha value is -2.37. The third-order valence-corrected chi connectivity index (χ3v) is 5.54. The summed E-state index contributed by atoms with van der Waals surface area (Å²) in [6, 6.07) is 21.9. The molecule has 0 amide bonds. The molecule has 0 unspecified atom stereocenters. The third-order valence-electron chi connectivity index (χ3n) is 4.86. The first-order valence-electron chi connectivity index (χ1n) is 8.22. The maximum absolute atomic E-state index is 12.0. The first-order chi connectivity index (χ1) is 12.0. The zero-order valence-electron chi connectivity index (χ0n) is 14.2. The van der Waals surface area contributed by atoms with Crippen molar-refractivity contribution < 1.29 is 8.42 Å². The summed E-state index contributed by atoms with van der Waals surface area (Å²) in [7, 11) is -1.33. The van der Waals surface area contributed by atoms with E-state index in [1.807, 2.05) is 55.6 Å². The van der Waals surface area contributed by atoms with Crippen LogP contribution in [0, 0.1) is 0 Å². The number of sulfonamides is 1. The van der Waals surface area contributed by atoms with E-state index in [4.69, 9.17) is 0 Å².